The van der Waals surface area contributed by atoms with Gasteiger partial charge in [0.15, 0.2) is 4.33 Å². The molecule has 0 N–H and O–H groups in total. The highest BCUT2D eigenvalue weighted by Gasteiger charge is 2.30. The van der Waals surface area contributed by atoms with E-state index in [0.29, 0.717) is 0 Å². The molecule has 0 aliphatic heterocycles. The van der Waals surface area contributed by atoms with Gasteiger partial charge in [-0.15, -0.1) is 11.6 Å². The Hall–Kier alpha value is 0.760. The second-order valence-corrected chi connectivity index (χ2v) is 3.54. The Balaban J connectivity index is 4.49. The van der Waals surface area contributed by atoms with Gasteiger partial charge in [-0.25, -0.2) is 0 Å². The molecule has 0 radical (unpaired) electrons. The maximum absolute atomic E-state index is 11.6. The molecule has 0 rings (SSSR count). The van der Waals surface area contributed by atoms with E-state index in [1.54, 1.807) is 0 Å². The van der Waals surface area contributed by atoms with Gasteiger partial charge in [-0.1, -0.05) is 34.8 Å². The average Bonchev–Trinajstić information content (AvgIpc) is 1.86. The maximum Gasteiger partial charge on any atom is 0.287 e. The monoisotopic (exact) mass is 228 g/mol. The third kappa shape index (κ3) is 2.79. The van der Waals surface area contributed by atoms with Gasteiger partial charge >= 0.3 is 0 Å². The van der Waals surface area contributed by atoms with Crippen LogP contribution in [0.4, 0.5) is 8.78 Å². The molecule has 0 spiro atoms. The van der Waals surface area contributed by atoms with Crippen molar-refractivity contribution in [1.29, 1.82) is 0 Å². The second kappa shape index (κ2) is 3.96. The zero-order chi connectivity index (χ0) is 8.36. The number of alkyl halides is 3. The van der Waals surface area contributed by atoms with Crippen molar-refractivity contribution < 1.29 is 8.78 Å². The van der Waals surface area contributed by atoms with Crippen molar-refractivity contribution in [2.45, 2.75) is 4.33 Å². The van der Waals surface area contributed by atoms with Crippen LogP contribution in [0.3, 0.4) is 0 Å². The van der Waals surface area contributed by atoms with Crippen molar-refractivity contribution in [1.82, 2.24) is 0 Å². The first kappa shape index (κ1) is 10.8. The molecule has 0 aliphatic rings. The van der Waals surface area contributed by atoms with Gasteiger partial charge < -0.3 is 0 Å². The van der Waals surface area contributed by atoms with E-state index in [4.69, 9.17) is 46.4 Å². The smallest absolute Gasteiger partial charge is 0.172 e. The van der Waals surface area contributed by atoms with Crippen molar-refractivity contribution in [2.75, 3.05) is 5.88 Å². The molecule has 10 heavy (non-hydrogen) atoms. The van der Waals surface area contributed by atoms with E-state index >= 15 is 0 Å². The lowest BCUT2D eigenvalue weighted by atomic mass is 10.4. The van der Waals surface area contributed by atoms with Crippen LogP contribution >= 0.6 is 46.4 Å². The summed E-state index contributed by atoms with van der Waals surface area (Å²) in [4.78, 5) is 0. The van der Waals surface area contributed by atoms with Gasteiger partial charge in [0.05, 0.1) is 5.88 Å². The van der Waals surface area contributed by atoms with E-state index in [9.17, 15) is 8.78 Å². The fourth-order valence-electron chi connectivity index (χ4n) is 0.197. The lowest BCUT2D eigenvalue weighted by Crippen LogP contribution is -2.15. The molecular weight excluding hydrogens is 228 g/mol. The molecule has 6 heteroatoms. The molecule has 0 fully saturated rings. The van der Waals surface area contributed by atoms with Crippen LogP contribution in [0, 0.1) is 0 Å². The van der Waals surface area contributed by atoms with E-state index in [0.717, 1.165) is 0 Å². The van der Waals surface area contributed by atoms with Crippen molar-refractivity contribution in [3.05, 3.63) is 11.1 Å². The quantitative estimate of drug-likeness (QED) is 0.633. The van der Waals surface area contributed by atoms with Crippen LogP contribution in [0.2, 0.25) is 0 Å². The molecule has 0 saturated carbocycles. The van der Waals surface area contributed by atoms with E-state index in [2.05, 4.69) is 0 Å². The Kier molecular flexibility index (Phi) is 4.26. The number of hydrogen-bond acceptors (Lipinski definition) is 0. The van der Waals surface area contributed by atoms with Crippen LogP contribution in [-0.2, 0) is 0 Å². The largest absolute Gasteiger partial charge is 0.287 e. The van der Waals surface area contributed by atoms with Gasteiger partial charge in [-0.2, -0.15) is 8.78 Å². The van der Waals surface area contributed by atoms with E-state index in [1.807, 2.05) is 0 Å². The molecule has 0 aliphatic carbocycles. The van der Waals surface area contributed by atoms with Crippen molar-refractivity contribution in [3.63, 3.8) is 0 Å². The minimum Gasteiger partial charge on any atom is -0.172 e. The standard InChI is InChI=1S/C4H2Cl4F2/c5-1-4(7,8)2(6)3(9)10/h1H2. The first-order valence-electron chi connectivity index (χ1n) is 2.07. The van der Waals surface area contributed by atoms with E-state index < -0.39 is 15.4 Å². The Morgan fingerprint density at radius 1 is 1.30 bits per heavy atom. The summed E-state index contributed by atoms with van der Waals surface area (Å²) in [5.41, 5.74) is 0. The molecule has 0 unspecified atom stereocenters. The normalized spacial score (nSPS) is 11.4. The van der Waals surface area contributed by atoms with Crippen LogP contribution in [0.5, 0.6) is 0 Å². The van der Waals surface area contributed by atoms with Crippen molar-refractivity contribution in [2.24, 2.45) is 0 Å². The fraction of sp³-hybridized carbons (Fsp3) is 0.500. The van der Waals surface area contributed by atoms with Gasteiger partial charge in [0.2, 0.25) is 0 Å². The van der Waals surface area contributed by atoms with Gasteiger partial charge in [-0.05, 0) is 0 Å². The summed E-state index contributed by atoms with van der Waals surface area (Å²) in [6.45, 7) is 0. The summed E-state index contributed by atoms with van der Waals surface area (Å²) in [5.74, 6) is -0.383. The topological polar surface area (TPSA) is 0 Å². The molecule has 0 atom stereocenters. The highest BCUT2D eigenvalue weighted by molar-refractivity contribution is 6.58. The number of rotatable bonds is 2. The van der Waals surface area contributed by atoms with Crippen molar-refractivity contribution in [3.8, 4) is 0 Å². The Labute approximate surface area is 76.7 Å². The van der Waals surface area contributed by atoms with Crippen LogP contribution in [-0.4, -0.2) is 10.2 Å². The highest BCUT2D eigenvalue weighted by Crippen LogP contribution is 2.36. The fourth-order valence-corrected chi connectivity index (χ4v) is 0.609. The lowest BCUT2D eigenvalue weighted by Gasteiger charge is -2.12. The molecular formula is C4H2Cl4F2. The molecule has 60 valence electrons. The van der Waals surface area contributed by atoms with Gasteiger partial charge in [-0.3, -0.25) is 0 Å². The second-order valence-electron chi connectivity index (χ2n) is 1.41. The van der Waals surface area contributed by atoms with Crippen molar-refractivity contribution >= 4 is 46.4 Å². The van der Waals surface area contributed by atoms with E-state index in [-0.39, 0.29) is 5.88 Å². The number of halogens is 6. The minimum absolute atomic E-state index is 0.383. The third-order valence-corrected chi connectivity index (χ3v) is 2.63. The van der Waals surface area contributed by atoms with Crippen LogP contribution in [0.15, 0.2) is 11.1 Å². The molecule has 0 aromatic rings. The molecule has 0 heterocycles. The first-order valence-corrected chi connectivity index (χ1v) is 3.73. The van der Waals surface area contributed by atoms with Crippen LogP contribution in [0.25, 0.3) is 0 Å². The Bertz CT molecular complexity index is 149. The number of hydrogen-bond donors (Lipinski definition) is 0. The molecule has 0 bridgehead atoms. The predicted molar refractivity (Wildman–Crippen MR) is 40.3 cm³/mol. The van der Waals surface area contributed by atoms with E-state index in [1.165, 1.54) is 0 Å². The zero-order valence-corrected chi connectivity index (χ0v) is 7.50. The third-order valence-electron chi connectivity index (χ3n) is 0.655. The van der Waals surface area contributed by atoms with Gasteiger partial charge in [0.1, 0.15) is 5.03 Å². The summed E-state index contributed by atoms with van der Waals surface area (Å²) in [6.07, 6.45) is -2.12. The summed E-state index contributed by atoms with van der Waals surface area (Å²) in [5, 5.41) is -0.925. The Morgan fingerprint density at radius 3 is 1.80 bits per heavy atom. The van der Waals surface area contributed by atoms with Crippen LogP contribution in [0.1, 0.15) is 0 Å². The maximum atomic E-state index is 11.6. The molecule has 0 aromatic heterocycles. The summed E-state index contributed by atoms with van der Waals surface area (Å²) in [6, 6.07) is 0. The molecule has 0 saturated heterocycles. The van der Waals surface area contributed by atoms with Gasteiger partial charge in [0.25, 0.3) is 6.08 Å². The number of allylic oxidation sites excluding steroid dienone is 1. The first-order chi connectivity index (χ1) is 4.41. The molecule has 0 amide bonds. The summed E-state index contributed by atoms with van der Waals surface area (Å²) < 4.78 is 21.4. The minimum atomic E-state index is -2.12. The average molecular weight is 230 g/mol. The summed E-state index contributed by atoms with van der Waals surface area (Å²) >= 11 is 20.6. The zero-order valence-electron chi connectivity index (χ0n) is 4.47. The van der Waals surface area contributed by atoms with Gasteiger partial charge in [0, 0.05) is 0 Å². The lowest BCUT2D eigenvalue weighted by molar-refractivity contribution is 0.414. The predicted octanol–water partition coefficient (Wildman–Crippen LogP) is 3.75. The summed E-state index contributed by atoms with van der Waals surface area (Å²) in [7, 11) is 0. The van der Waals surface area contributed by atoms with Crippen LogP contribution < -0.4 is 0 Å². The Morgan fingerprint density at radius 2 is 1.70 bits per heavy atom. The SMILES string of the molecule is FC(F)=C(Cl)C(Cl)(Cl)CCl. The molecule has 0 nitrogen and oxygen atoms in total. The highest BCUT2D eigenvalue weighted by atomic mass is 35.5. The molecule has 0 aromatic carbocycles.